The van der Waals surface area contributed by atoms with Gasteiger partial charge < -0.3 is 14.5 Å². The van der Waals surface area contributed by atoms with Gasteiger partial charge in [0.25, 0.3) is 5.91 Å². The molecule has 1 N–H and O–H groups in total. The molecule has 0 spiro atoms. The lowest BCUT2D eigenvalue weighted by Gasteiger charge is -2.03. The van der Waals surface area contributed by atoms with E-state index in [4.69, 9.17) is 9.15 Å². The number of benzene rings is 1. The van der Waals surface area contributed by atoms with E-state index in [1.165, 1.54) is 4.88 Å². The highest BCUT2D eigenvalue weighted by atomic mass is 32.2. The SMILES string of the molecule is CCOc1ccc2oc(C(=O)NCCSCc3cccs3)c(C)c2c1. The minimum Gasteiger partial charge on any atom is -0.494 e. The third kappa shape index (κ3) is 4.38. The minimum absolute atomic E-state index is 0.164. The van der Waals surface area contributed by atoms with Crippen molar-refractivity contribution in [3.63, 3.8) is 0 Å². The smallest absolute Gasteiger partial charge is 0.287 e. The summed E-state index contributed by atoms with van der Waals surface area (Å²) in [6.45, 7) is 5.08. The van der Waals surface area contributed by atoms with Crippen molar-refractivity contribution in [1.29, 1.82) is 0 Å². The van der Waals surface area contributed by atoms with Crippen molar-refractivity contribution in [2.45, 2.75) is 19.6 Å². The van der Waals surface area contributed by atoms with Gasteiger partial charge in [-0.25, -0.2) is 0 Å². The van der Waals surface area contributed by atoms with Crippen LogP contribution in [0.2, 0.25) is 0 Å². The molecule has 0 aliphatic heterocycles. The number of amides is 1. The van der Waals surface area contributed by atoms with Crippen molar-refractivity contribution < 1.29 is 13.9 Å². The largest absolute Gasteiger partial charge is 0.494 e. The summed E-state index contributed by atoms with van der Waals surface area (Å²) in [7, 11) is 0. The quantitative estimate of drug-likeness (QED) is 0.571. The fourth-order valence-electron chi connectivity index (χ4n) is 2.56. The van der Waals surface area contributed by atoms with Crippen molar-refractivity contribution in [2.24, 2.45) is 0 Å². The van der Waals surface area contributed by atoms with Crippen LogP contribution in [0.25, 0.3) is 11.0 Å². The lowest BCUT2D eigenvalue weighted by atomic mass is 10.1. The van der Waals surface area contributed by atoms with Gasteiger partial charge in [0.15, 0.2) is 5.76 Å². The molecule has 6 heteroatoms. The summed E-state index contributed by atoms with van der Waals surface area (Å²) in [6.07, 6.45) is 0. The van der Waals surface area contributed by atoms with Gasteiger partial charge in [0, 0.05) is 33.9 Å². The van der Waals surface area contributed by atoms with Gasteiger partial charge in [0.2, 0.25) is 0 Å². The van der Waals surface area contributed by atoms with Crippen LogP contribution >= 0.6 is 23.1 Å². The number of ether oxygens (including phenoxy) is 1. The van der Waals surface area contributed by atoms with E-state index in [0.717, 1.165) is 28.2 Å². The van der Waals surface area contributed by atoms with Gasteiger partial charge >= 0.3 is 0 Å². The number of rotatable bonds is 8. The first-order chi connectivity index (χ1) is 12.2. The van der Waals surface area contributed by atoms with E-state index in [1.807, 2.05) is 43.8 Å². The van der Waals surface area contributed by atoms with E-state index >= 15 is 0 Å². The fraction of sp³-hybridized carbons (Fsp3) is 0.316. The van der Waals surface area contributed by atoms with Crippen molar-refractivity contribution in [2.75, 3.05) is 18.9 Å². The molecule has 0 bridgehead atoms. The maximum absolute atomic E-state index is 12.4. The molecule has 25 heavy (non-hydrogen) atoms. The first-order valence-electron chi connectivity index (χ1n) is 8.23. The van der Waals surface area contributed by atoms with E-state index in [-0.39, 0.29) is 5.91 Å². The summed E-state index contributed by atoms with van der Waals surface area (Å²) < 4.78 is 11.3. The second kappa shape index (κ2) is 8.45. The molecule has 2 aromatic heterocycles. The van der Waals surface area contributed by atoms with Crippen LogP contribution in [-0.4, -0.2) is 24.8 Å². The fourth-order valence-corrected chi connectivity index (χ4v) is 4.26. The average Bonchev–Trinajstić information content (AvgIpc) is 3.23. The molecule has 0 atom stereocenters. The first-order valence-corrected chi connectivity index (χ1v) is 10.3. The number of carbonyl (C=O) groups excluding carboxylic acids is 1. The Labute approximate surface area is 155 Å². The molecule has 0 saturated carbocycles. The number of nitrogens with one attached hydrogen (secondary N) is 1. The van der Waals surface area contributed by atoms with Gasteiger partial charge in [-0.15, -0.1) is 11.3 Å². The normalized spacial score (nSPS) is 11.0. The Kier molecular flexibility index (Phi) is 6.04. The summed E-state index contributed by atoms with van der Waals surface area (Å²) in [4.78, 5) is 13.8. The Bertz CT molecular complexity index is 840. The second-order valence-corrected chi connectivity index (χ2v) is 7.67. The van der Waals surface area contributed by atoms with Crippen LogP contribution in [0.15, 0.2) is 40.1 Å². The van der Waals surface area contributed by atoms with Crippen LogP contribution in [0.4, 0.5) is 0 Å². The number of hydrogen-bond acceptors (Lipinski definition) is 5. The number of aryl methyl sites for hydroxylation is 1. The number of fused-ring (bicyclic) bond motifs is 1. The summed E-state index contributed by atoms with van der Waals surface area (Å²) in [6, 6.07) is 9.82. The Morgan fingerprint density at radius 2 is 2.24 bits per heavy atom. The summed E-state index contributed by atoms with van der Waals surface area (Å²) >= 11 is 3.57. The lowest BCUT2D eigenvalue weighted by molar-refractivity contribution is 0.0930. The van der Waals surface area contributed by atoms with Gasteiger partial charge in [-0.2, -0.15) is 11.8 Å². The lowest BCUT2D eigenvalue weighted by Crippen LogP contribution is -2.25. The molecule has 2 heterocycles. The molecule has 0 aliphatic rings. The monoisotopic (exact) mass is 375 g/mol. The Morgan fingerprint density at radius 3 is 3.00 bits per heavy atom. The van der Waals surface area contributed by atoms with Crippen molar-refractivity contribution >= 4 is 40.0 Å². The zero-order valence-electron chi connectivity index (χ0n) is 14.3. The minimum atomic E-state index is -0.164. The van der Waals surface area contributed by atoms with E-state index in [9.17, 15) is 4.79 Å². The van der Waals surface area contributed by atoms with Crippen LogP contribution < -0.4 is 10.1 Å². The molecule has 0 radical (unpaired) electrons. The topological polar surface area (TPSA) is 51.5 Å². The predicted octanol–water partition coefficient (Wildman–Crippen LogP) is 4.86. The molecule has 0 aliphatic carbocycles. The Hall–Kier alpha value is -1.92. The molecule has 3 aromatic rings. The van der Waals surface area contributed by atoms with Crippen LogP contribution in [0, 0.1) is 6.92 Å². The number of carbonyl (C=O) groups is 1. The second-order valence-electron chi connectivity index (χ2n) is 5.54. The molecule has 4 nitrogen and oxygen atoms in total. The number of thioether (sulfide) groups is 1. The Balaban J connectivity index is 1.57. The third-order valence-corrected chi connectivity index (χ3v) is 5.85. The van der Waals surface area contributed by atoms with Crippen molar-refractivity contribution in [3.05, 3.63) is 51.9 Å². The highest BCUT2D eigenvalue weighted by molar-refractivity contribution is 7.98. The molecule has 132 valence electrons. The van der Waals surface area contributed by atoms with E-state index in [2.05, 4.69) is 22.8 Å². The standard InChI is InChI=1S/C19H21NO3S2/c1-3-22-14-6-7-17-16(11-14)13(2)18(23-17)19(21)20-8-10-24-12-15-5-4-9-25-15/h4-7,9,11H,3,8,10,12H2,1-2H3,(H,20,21). The van der Waals surface area contributed by atoms with Gasteiger partial charge in [-0.05, 0) is 43.5 Å². The van der Waals surface area contributed by atoms with Gasteiger partial charge in [-0.1, -0.05) is 6.07 Å². The molecule has 1 amide bonds. The Morgan fingerprint density at radius 1 is 1.36 bits per heavy atom. The van der Waals surface area contributed by atoms with E-state index < -0.39 is 0 Å². The van der Waals surface area contributed by atoms with Crippen LogP contribution in [0.5, 0.6) is 5.75 Å². The molecular weight excluding hydrogens is 354 g/mol. The number of thiophene rings is 1. The summed E-state index contributed by atoms with van der Waals surface area (Å²) in [5, 5.41) is 5.94. The number of furan rings is 1. The molecular formula is C19H21NO3S2. The summed E-state index contributed by atoms with van der Waals surface area (Å²) in [5.74, 6) is 2.86. The van der Waals surface area contributed by atoms with Crippen LogP contribution in [0.1, 0.15) is 27.9 Å². The molecule has 0 fully saturated rings. The van der Waals surface area contributed by atoms with Crippen LogP contribution in [-0.2, 0) is 5.75 Å². The van der Waals surface area contributed by atoms with E-state index in [1.54, 1.807) is 11.3 Å². The summed E-state index contributed by atoms with van der Waals surface area (Å²) in [5.41, 5.74) is 1.55. The third-order valence-electron chi connectivity index (χ3n) is 3.78. The maximum atomic E-state index is 12.4. The zero-order chi connectivity index (χ0) is 17.6. The molecule has 0 unspecified atom stereocenters. The highest BCUT2D eigenvalue weighted by Crippen LogP contribution is 2.28. The van der Waals surface area contributed by atoms with Gasteiger partial charge in [0.1, 0.15) is 11.3 Å². The van der Waals surface area contributed by atoms with Gasteiger partial charge in [0.05, 0.1) is 6.61 Å². The first kappa shape index (κ1) is 17.9. The van der Waals surface area contributed by atoms with Crippen molar-refractivity contribution in [1.82, 2.24) is 5.32 Å². The zero-order valence-corrected chi connectivity index (χ0v) is 16.0. The highest BCUT2D eigenvalue weighted by Gasteiger charge is 2.17. The average molecular weight is 376 g/mol. The number of hydrogen-bond donors (Lipinski definition) is 1. The molecule has 1 aromatic carbocycles. The predicted molar refractivity (Wildman–Crippen MR) is 105 cm³/mol. The maximum Gasteiger partial charge on any atom is 0.287 e. The van der Waals surface area contributed by atoms with Gasteiger partial charge in [-0.3, -0.25) is 4.79 Å². The van der Waals surface area contributed by atoms with E-state index in [0.29, 0.717) is 24.5 Å². The van der Waals surface area contributed by atoms with Crippen LogP contribution in [0.3, 0.4) is 0 Å². The van der Waals surface area contributed by atoms with Crippen molar-refractivity contribution in [3.8, 4) is 5.75 Å². The molecule has 3 rings (SSSR count). The molecule has 0 saturated heterocycles.